The van der Waals surface area contributed by atoms with Crippen molar-refractivity contribution in [2.45, 2.75) is 63.4 Å². The molecule has 39 heavy (non-hydrogen) atoms. The van der Waals surface area contributed by atoms with Gasteiger partial charge in [-0.2, -0.15) is 0 Å². The quantitative estimate of drug-likeness (QED) is 0.291. The second-order valence-corrected chi connectivity index (χ2v) is 11.9. The number of imidazole rings is 1. The summed E-state index contributed by atoms with van der Waals surface area (Å²) in [6.07, 6.45) is 11.6. The molecule has 0 amide bonds. The lowest BCUT2D eigenvalue weighted by atomic mass is 9.60. The van der Waals surface area contributed by atoms with E-state index in [-0.39, 0.29) is 17.5 Å². The minimum absolute atomic E-state index is 0.0476. The number of aromatic amines is 1. The lowest BCUT2D eigenvalue weighted by molar-refractivity contribution is -0.180. The molecular weight excluding hydrogens is 486 g/mol. The molecule has 2 bridgehead atoms. The zero-order valence-corrected chi connectivity index (χ0v) is 23.3. The largest absolute Gasteiger partial charge is 0.494 e. The number of carbonyl (C=O) groups is 1. The fourth-order valence-corrected chi connectivity index (χ4v) is 6.86. The average Bonchev–Trinajstić information content (AvgIpc) is 3.35. The lowest BCUT2D eigenvalue weighted by Gasteiger charge is -2.51. The minimum atomic E-state index is -0.378. The maximum atomic E-state index is 13.1. The van der Waals surface area contributed by atoms with Gasteiger partial charge in [0.2, 0.25) is 0 Å². The summed E-state index contributed by atoms with van der Waals surface area (Å²) < 4.78 is 12.0. The van der Waals surface area contributed by atoms with E-state index in [9.17, 15) is 4.79 Å². The van der Waals surface area contributed by atoms with Gasteiger partial charge < -0.3 is 19.4 Å². The van der Waals surface area contributed by atoms with Crippen LogP contribution in [-0.4, -0.2) is 53.7 Å². The summed E-state index contributed by atoms with van der Waals surface area (Å²) in [5.74, 6) is 2.71. The molecule has 0 radical (unpaired) electrons. The van der Waals surface area contributed by atoms with E-state index in [1.54, 1.807) is 7.11 Å². The van der Waals surface area contributed by atoms with E-state index >= 15 is 0 Å². The highest BCUT2D eigenvalue weighted by molar-refractivity contribution is 5.81. The summed E-state index contributed by atoms with van der Waals surface area (Å²) in [5.41, 5.74) is 4.32. The van der Waals surface area contributed by atoms with Crippen LogP contribution in [0.2, 0.25) is 0 Å². The second kappa shape index (κ2) is 11.2. The van der Waals surface area contributed by atoms with E-state index in [4.69, 9.17) is 14.5 Å². The first-order valence-corrected chi connectivity index (χ1v) is 14.7. The van der Waals surface area contributed by atoms with Gasteiger partial charge >= 0.3 is 5.97 Å². The van der Waals surface area contributed by atoms with Crippen molar-refractivity contribution in [2.24, 2.45) is 17.8 Å². The summed E-state index contributed by atoms with van der Waals surface area (Å²) in [7, 11) is 3.88. The predicted octanol–water partition coefficient (Wildman–Crippen LogP) is 6.42. The molecule has 1 heterocycles. The molecular formula is C33H41N3O3. The van der Waals surface area contributed by atoms with E-state index in [1.807, 2.05) is 18.2 Å². The number of nitrogens with one attached hydrogen (secondary N) is 1. The van der Waals surface area contributed by atoms with Gasteiger partial charge in [0, 0.05) is 25.3 Å². The molecule has 2 fully saturated rings. The van der Waals surface area contributed by atoms with Crippen molar-refractivity contribution < 1.29 is 14.3 Å². The van der Waals surface area contributed by atoms with E-state index in [0.29, 0.717) is 11.8 Å². The molecule has 6 heteroatoms. The SMILES string of the molecule is COc1cccc2[nH]c(CCCN(C)CC[C@]3(OC(=O)C4CCC4)C[C@H]4CC[C@@H]3C=C4c3ccccc3)nc12. The standard InChI is InChI=1S/C33H41N3O3/c1-36(19-8-15-30-34-28-13-7-14-29(38-2)31(28)35-30)20-18-33(39-32(37)24-11-6-12-24)22-25-16-17-26(33)21-27(25)23-9-4-3-5-10-23/h3-5,7,9-10,13-14,21,24-26H,6,8,11-12,15-20,22H2,1-2H3,(H,34,35)/t25-,26-,33+/m1/s1. The number of methoxy groups -OCH3 is 1. The summed E-state index contributed by atoms with van der Waals surface area (Å²) in [6, 6.07) is 16.8. The monoisotopic (exact) mass is 527 g/mol. The van der Waals surface area contributed by atoms with Crippen LogP contribution in [0.25, 0.3) is 16.6 Å². The van der Waals surface area contributed by atoms with Gasteiger partial charge in [0.25, 0.3) is 0 Å². The lowest BCUT2D eigenvalue weighted by Crippen LogP contribution is -2.52. The van der Waals surface area contributed by atoms with Crippen molar-refractivity contribution in [3.05, 3.63) is 66.0 Å². The molecule has 6 nitrogen and oxygen atoms in total. The third-order valence-electron chi connectivity index (χ3n) is 9.38. The minimum Gasteiger partial charge on any atom is -0.494 e. The van der Waals surface area contributed by atoms with Gasteiger partial charge in [-0.1, -0.05) is 48.9 Å². The number of para-hydroxylation sites is 1. The van der Waals surface area contributed by atoms with Gasteiger partial charge in [-0.3, -0.25) is 4.79 Å². The first kappa shape index (κ1) is 26.1. The Labute approximate surface area is 231 Å². The summed E-state index contributed by atoms with van der Waals surface area (Å²) in [6.45, 7) is 1.89. The molecule has 1 N–H and O–H groups in total. The molecule has 2 saturated carbocycles. The Hall–Kier alpha value is -3.12. The van der Waals surface area contributed by atoms with Crippen LogP contribution in [0.3, 0.4) is 0 Å². The van der Waals surface area contributed by atoms with Crippen molar-refractivity contribution in [3.8, 4) is 5.75 Å². The van der Waals surface area contributed by atoms with Crippen molar-refractivity contribution in [2.75, 3.05) is 27.2 Å². The number of aromatic nitrogens is 2. The van der Waals surface area contributed by atoms with Gasteiger partial charge in [-0.25, -0.2) is 4.98 Å². The Balaban J connectivity index is 1.10. The molecule has 1 aromatic heterocycles. The van der Waals surface area contributed by atoms with Crippen LogP contribution in [0.15, 0.2) is 54.6 Å². The molecule has 0 aliphatic heterocycles. The van der Waals surface area contributed by atoms with Crippen LogP contribution in [0.4, 0.5) is 0 Å². The molecule has 7 rings (SSSR count). The first-order chi connectivity index (χ1) is 19.0. The third-order valence-corrected chi connectivity index (χ3v) is 9.38. The Morgan fingerprint density at radius 2 is 1.92 bits per heavy atom. The number of esters is 1. The second-order valence-electron chi connectivity index (χ2n) is 11.9. The molecule has 206 valence electrons. The van der Waals surface area contributed by atoms with Crippen LogP contribution in [0.5, 0.6) is 5.75 Å². The van der Waals surface area contributed by atoms with Crippen molar-refractivity contribution in [3.63, 3.8) is 0 Å². The number of H-pyrrole nitrogens is 1. The predicted molar refractivity (Wildman–Crippen MR) is 154 cm³/mol. The molecule has 4 aliphatic rings. The highest BCUT2D eigenvalue weighted by atomic mass is 16.6. The van der Waals surface area contributed by atoms with Gasteiger partial charge in [-0.15, -0.1) is 0 Å². The van der Waals surface area contributed by atoms with E-state index < -0.39 is 0 Å². The fourth-order valence-electron chi connectivity index (χ4n) is 6.86. The smallest absolute Gasteiger partial charge is 0.309 e. The summed E-state index contributed by atoms with van der Waals surface area (Å²) >= 11 is 0. The number of rotatable bonds is 11. The Morgan fingerprint density at radius 1 is 1.08 bits per heavy atom. The molecule has 3 aromatic rings. The number of carbonyl (C=O) groups excluding carboxylic acids is 1. The summed E-state index contributed by atoms with van der Waals surface area (Å²) in [4.78, 5) is 23.7. The Kier molecular flexibility index (Phi) is 7.48. The number of ether oxygens (including phenoxy) is 2. The number of benzene rings is 2. The van der Waals surface area contributed by atoms with Crippen LogP contribution >= 0.6 is 0 Å². The normalized spacial score (nSPS) is 24.5. The molecule has 3 atom stereocenters. The van der Waals surface area contributed by atoms with Gasteiger partial charge in [0.05, 0.1) is 18.5 Å². The van der Waals surface area contributed by atoms with Gasteiger partial charge in [-0.05, 0) is 81.3 Å². The maximum absolute atomic E-state index is 13.1. The van der Waals surface area contributed by atoms with E-state index in [1.165, 1.54) is 17.6 Å². The Morgan fingerprint density at radius 3 is 2.64 bits per heavy atom. The molecule has 2 aromatic carbocycles. The van der Waals surface area contributed by atoms with Crippen molar-refractivity contribution in [1.29, 1.82) is 0 Å². The maximum Gasteiger partial charge on any atom is 0.309 e. The average molecular weight is 528 g/mol. The zero-order valence-electron chi connectivity index (χ0n) is 23.3. The van der Waals surface area contributed by atoms with Gasteiger partial charge in [0.1, 0.15) is 22.7 Å². The third kappa shape index (κ3) is 5.36. The number of hydrogen-bond acceptors (Lipinski definition) is 5. The highest BCUT2D eigenvalue weighted by Crippen LogP contribution is 2.53. The Bertz CT molecular complexity index is 1330. The molecule has 0 saturated heterocycles. The molecule has 4 aliphatic carbocycles. The van der Waals surface area contributed by atoms with Crippen LogP contribution in [0, 0.1) is 17.8 Å². The number of aryl methyl sites for hydroxylation is 1. The number of nitrogens with zero attached hydrogens (tertiary/aromatic N) is 2. The molecule has 0 unspecified atom stereocenters. The van der Waals surface area contributed by atoms with Crippen LogP contribution in [0.1, 0.15) is 62.8 Å². The van der Waals surface area contributed by atoms with Crippen LogP contribution in [-0.2, 0) is 16.0 Å². The number of allylic oxidation sites excluding steroid dienone is 1. The van der Waals surface area contributed by atoms with E-state index in [2.05, 4.69) is 53.3 Å². The summed E-state index contributed by atoms with van der Waals surface area (Å²) in [5, 5.41) is 0. The highest BCUT2D eigenvalue weighted by Gasteiger charge is 2.51. The van der Waals surface area contributed by atoms with E-state index in [0.717, 1.165) is 87.1 Å². The number of fused-ring (bicyclic) bond motifs is 3. The first-order valence-electron chi connectivity index (χ1n) is 14.7. The van der Waals surface area contributed by atoms with Crippen LogP contribution < -0.4 is 4.74 Å². The van der Waals surface area contributed by atoms with Gasteiger partial charge in [0.15, 0.2) is 0 Å². The van der Waals surface area contributed by atoms with Crippen molar-refractivity contribution in [1.82, 2.24) is 14.9 Å². The number of hydrogen-bond donors (Lipinski definition) is 1. The topological polar surface area (TPSA) is 67.4 Å². The zero-order chi connectivity index (χ0) is 26.8. The van der Waals surface area contributed by atoms with Crippen molar-refractivity contribution >= 4 is 22.6 Å². The molecule has 0 spiro atoms. The fraction of sp³-hybridized carbons (Fsp3) is 0.515.